The van der Waals surface area contributed by atoms with Gasteiger partial charge in [0.25, 0.3) is 5.91 Å². The van der Waals surface area contributed by atoms with Crippen LogP contribution >= 0.6 is 11.3 Å². The molecule has 0 radical (unpaired) electrons. The molecular weight excluding hydrogens is 1010 g/mol. The zero-order valence-corrected chi connectivity index (χ0v) is 45.7. The Morgan fingerprint density at radius 1 is 0.808 bits per heavy atom. The van der Waals surface area contributed by atoms with Crippen LogP contribution in [-0.4, -0.2) is 148 Å². The number of imide groups is 1. The van der Waals surface area contributed by atoms with E-state index in [1.807, 2.05) is 112 Å². The van der Waals surface area contributed by atoms with Gasteiger partial charge in [-0.05, 0) is 117 Å². The van der Waals surface area contributed by atoms with E-state index < -0.39 is 17.5 Å². The molecule has 4 amide bonds. The first-order valence-electron chi connectivity index (χ1n) is 26.9. The second-order valence-electron chi connectivity index (χ2n) is 21.6. The number of para-hydroxylation sites is 1. The Morgan fingerprint density at radius 2 is 1.59 bits per heavy atom. The van der Waals surface area contributed by atoms with Crippen molar-refractivity contribution in [2.45, 2.75) is 65.0 Å². The maximum atomic E-state index is 14.1. The minimum atomic E-state index is -0.755. The molecule has 1 atom stereocenters. The molecule has 3 saturated heterocycles. The van der Waals surface area contributed by atoms with Crippen LogP contribution in [0.25, 0.3) is 32.2 Å². The molecule has 404 valence electrons. The van der Waals surface area contributed by atoms with Crippen molar-refractivity contribution in [2.75, 3.05) is 93.7 Å². The first kappa shape index (κ1) is 52.3. The molecule has 4 aliphatic rings. The third-order valence-electron chi connectivity index (χ3n) is 15.3. The number of thiazole rings is 1. The maximum absolute atomic E-state index is 14.1. The van der Waals surface area contributed by atoms with E-state index in [1.54, 1.807) is 4.68 Å². The number of aromatic nitrogens is 4. The molecular formula is C59H65N11O7S. The van der Waals surface area contributed by atoms with Crippen LogP contribution in [0.2, 0.25) is 0 Å². The van der Waals surface area contributed by atoms with E-state index in [0.29, 0.717) is 99.5 Å². The zero-order chi connectivity index (χ0) is 54.2. The number of amides is 4. The largest absolute Gasteiger partial charge is 0.492 e. The molecule has 2 N–H and O–H groups in total. The molecule has 4 aliphatic heterocycles. The van der Waals surface area contributed by atoms with Gasteiger partial charge < -0.3 is 24.2 Å². The molecule has 0 spiro atoms. The average Bonchev–Trinajstić information content (AvgIpc) is 4.01. The summed E-state index contributed by atoms with van der Waals surface area (Å²) in [6.07, 6.45) is 1.45. The fourth-order valence-corrected chi connectivity index (χ4v) is 12.0. The number of hydrogen-bond acceptors (Lipinski definition) is 15. The summed E-state index contributed by atoms with van der Waals surface area (Å²) in [5, 5.41) is 11.6. The quantitative estimate of drug-likeness (QED) is 0.0873. The lowest BCUT2D eigenvalue weighted by Gasteiger charge is -2.38. The summed E-state index contributed by atoms with van der Waals surface area (Å²) in [6.45, 7) is 16.1. The van der Waals surface area contributed by atoms with E-state index in [1.165, 1.54) is 11.3 Å². The summed E-state index contributed by atoms with van der Waals surface area (Å²) >= 11 is 1.44. The SMILES string of the molecule is Cc1c(OCCN2CCN(CC(=O)N3CCN(c4ccc5c(C6CCC(=O)NC6=O)nn(C)c5c4)CC3)CC2)cccc1-c1ccc(N2CCc3cccc(C(=O)Nc4nc5ccccc5s4)c3C2)nc1C(=O)OC(C)(C)C. The minimum Gasteiger partial charge on any atom is -0.492 e. The second-order valence-corrected chi connectivity index (χ2v) is 22.6. The fourth-order valence-electron chi connectivity index (χ4n) is 11.1. The van der Waals surface area contributed by atoms with Crippen molar-refractivity contribution in [3.8, 4) is 16.9 Å². The molecule has 7 aromatic rings. The highest BCUT2D eigenvalue weighted by atomic mass is 32.1. The Labute approximate surface area is 457 Å². The number of nitrogens with one attached hydrogen (secondary N) is 2. The van der Waals surface area contributed by atoms with Gasteiger partial charge in [0, 0.05) is 108 Å². The molecule has 0 saturated carbocycles. The van der Waals surface area contributed by atoms with Gasteiger partial charge in [0.1, 0.15) is 23.8 Å². The van der Waals surface area contributed by atoms with Gasteiger partial charge in [-0.25, -0.2) is 14.8 Å². The van der Waals surface area contributed by atoms with Crippen LogP contribution in [0.3, 0.4) is 0 Å². The lowest BCUT2D eigenvalue weighted by atomic mass is 9.93. The van der Waals surface area contributed by atoms with Gasteiger partial charge in [-0.1, -0.05) is 47.7 Å². The number of benzene rings is 4. The van der Waals surface area contributed by atoms with Crippen molar-refractivity contribution in [2.24, 2.45) is 7.05 Å². The first-order valence-corrected chi connectivity index (χ1v) is 27.7. The number of pyridine rings is 1. The van der Waals surface area contributed by atoms with Crippen LogP contribution < -0.4 is 25.2 Å². The fraction of sp³-hybridized carbons (Fsp3) is 0.390. The number of piperidine rings is 1. The number of rotatable bonds is 13. The molecule has 4 aromatic carbocycles. The standard InChI is InChI=1S/C59H65N11O7S/c1-37-40(41-18-20-50(61-54(41)57(75)77-59(2,3)4)70-23-22-38-10-8-12-42(45(38)35-70)55(73)63-58-60-46-13-6-7-15-49(46)78-58)11-9-14-48(37)76-33-32-66-24-26-67(27-25-66)36-52(72)69-30-28-68(29-31-69)39-16-17-43-47(34-39)65(5)64-53(43)44-19-21-51(71)62-56(44)74/h6-18,20,34,44H,19,21-33,35-36H2,1-5H3,(H,60,63,73)(H,62,71,74). The van der Waals surface area contributed by atoms with Gasteiger partial charge >= 0.3 is 5.97 Å². The number of aryl methyl sites for hydroxylation is 1. The number of hydrogen-bond donors (Lipinski definition) is 2. The van der Waals surface area contributed by atoms with Gasteiger partial charge in [0.15, 0.2) is 10.8 Å². The average molecular weight is 1070 g/mol. The highest BCUT2D eigenvalue weighted by Crippen LogP contribution is 2.37. The van der Waals surface area contributed by atoms with Gasteiger partial charge in [-0.2, -0.15) is 5.10 Å². The molecule has 3 aromatic heterocycles. The van der Waals surface area contributed by atoms with Crippen LogP contribution in [0.4, 0.5) is 16.6 Å². The molecule has 3 fully saturated rings. The van der Waals surface area contributed by atoms with E-state index in [0.717, 1.165) is 87.5 Å². The smallest absolute Gasteiger partial charge is 0.358 e. The van der Waals surface area contributed by atoms with Crippen molar-refractivity contribution in [3.63, 3.8) is 0 Å². The Morgan fingerprint density at radius 3 is 2.37 bits per heavy atom. The Hall–Kier alpha value is -7.74. The van der Waals surface area contributed by atoms with Crippen molar-refractivity contribution >= 4 is 78.7 Å². The summed E-state index contributed by atoms with van der Waals surface area (Å²) in [7, 11) is 1.88. The summed E-state index contributed by atoms with van der Waals surface area (Å²) < 4.78 is 15.2. The van der Waals surface area contributed by atoms with Crippen molar-refractivity contribution in [1.82, 2.24) is 39.8 Å². The number of piperazine rings is 2. The summed E-state index contributed by atoms with van der Waals surface area (Å²) in [6, 6.07) is 29.6. The van der Waals surface area contributed by atoms with Gasteiger partial charge in [-0.3, -0.25) is 44.3 Å². The molecule has 1 unspecified atom stereocenters. The van der Waals surface area contributed by atoms with E-state index in [-0.39, 0.29) is 29.3 Å². The molecule has 0 aliphatic carbocycles. The monoisotopic (exact) mass is 1070 g/mol. The minimum absolute atomic E-state index is 0.145. The number of ether oxygens (including phenoxy) is 2. The first-order chi connectivity index (χ1) is 37.6. The predicted molar refractivity (Wildman–Crippen MR) is 301 cm³/mol. The lowest BCUT2D eigenvalue weighted by Crippen LogP contribution is -2.54. The normalized spacial score (nSPS) is 17.6. The van der Waals surface area contributed by atoms with Crippen LogP contribution in [0.15, 0.2) is 91.0 Å². The Kier molecular flexibility index (Phi) is 14.7. The van der Waals surface area contributed by atoms with Gasteiger partial charge in [-0.15, -0.1) is 0 Å². The van der Waals surface area contributed by atoms with Crippen molar-refractivity contribution in [1.29, 1.82) is 0 Å². The maximum Gasteiger partial charge on any atom is 0.358 e. The zero-order valence-electron chi connectivity index (χ0n) is 44.8. The van der Waals surface area contributed by atoms with E-state index in [4.69, 9.17) is 19.6 Å². The number of anilines is 3. The topological polar surface area (TPSA) is 188 Å². The number of carbonyl (C=O) groups excluding carboxylic acids is 5. The third kappa shape index (κ3) is 11.2. The molecule has 7 heterocycles. The molecule has 0 bridgehead atoms. The van der Waals surface area contributed by atoms with Crippen LogP contribution in [-0.2, 0) is 39.1 Å². The highest BCUT2D eigenvalue weighted by Gasteiger charge is 2.33. The van der Waals surface area contributed by atoms with Crippen LogP contribution in [0, 0.1) is 6.92 Å². The molecule has 18 nitrogen and oxygen atoms in total. The second kappa shape index (κ2) is 21.9. The van der Waals surface area contributed by atoms with Gasteiger partial charge in [0.2, 0.25) is 17.7 Å². The number of fused-ring (bicyclic) bond motifs is 3. The summed E-state index contributed by atoms with van der Waals surface area (Å²) in [5.74, 6) is -0.254. The summed E-state index contributed by atoms with van der Waals surface area (Å²) in [5.41, 5.74) is 7.89. The van der Waals surface area contributed by atoms with Gasteiger partial charge in [0.05, 0.1) is 33.9 Å². The summed E-state index contributed by atoms with van der Waals surface area (Å²) in [4.78, 5) is 86.5. The van der Waals surface area contributed by atoms with E-state index in [9.17, 15) is 24.0 Å². The molecule has 11 rings (SSSR count). The van der Waals surface area contributed by atoms with Crippen LogP contribution in [0.5, 0.6) is 5.75 Å². The van der Waals surface area contributed by atoms with E-state index in [2.05, 4.69) is 53.4 Å². The molecule has 19 heteroatoms. The lowest BCUT2D eigenvalue weighted by molar-refractivity contribution is -0.135. The molecule has 78 heavy (non-hydrogen) atoms. The van der Waals surface area contributed by atoms with E-state index >= 15 is 0 Å². The van der Waals surface area contributed by atoms with Crippen LogP contribution in [0.1, 0.15) is 82.8 Å². The highest BCUT2D eigenvalue weighted by molar-refractivity contribution is 7.22. The van der Waals surface area contributed by atoms with Crippen molar-refractivity contribution < 1.29 is 33.4 Å². The Balaban J connectivity index is 0.682. The predicted octanol–water partition coefficient (Wildman–Crippen LogP) is 7.19. The number of nitrogens with zero attached hydrogens (tertiary/aromatic N) is 9. The Bertz CT molecular complexity index is 3430. The third-order valence-corrected chi connectivity index (χ3v) is 16.3. The van der Waals surface area contributed by atoms with Crippen molar-refractivity contribution in [3.05, 3.63) is 125 Å². The number of carbonyl (C=O) groups is 5. The number of esters is 1.